The Labute approximate surface area is 89.4 Å². The zero-order valence-electron chi connectivity index (χ0n) is 8.72. The SMILES string of the molecule is O=C(N/C=C/C1CC1)N(CCO)CCO. The number of aliphatic hydroxyl groups is 2. The van der Waals surface area contributed by atoms with Gasteiger partial charge in [-0.25, -0.2) is 4.79 Å². The van der Waals surface area contributed by atoms with Gasteiger partial charge < -0.3 is 20.4 Å². The number of rotatable bonds is 6. The largest absolute Gasteiger partial charge is 0.395 e. The van der Waals surface area contributed by atoms with Crippen LogP contribution in [0.25, 0.3) is 0 Å². The molecule has 1 aliphatic carbocycles. The van der Waals surface area contributed by atoms with Crippen molar-refractivity contribution in [1.82, 2.24) is 10.2 Å². The molecule has 1 rings (SSSR count). The van der Waals surface area contributed by atoms with E-state index in [1.807, 2.05) is 6.08 Å². The van der Waals surface area contributed by atoms with Crippen molar-refractivity contribution < 1.29 is 15.0 Å². The number of allylic oxidation sites excluding steroid dienone is 1. The van der Waals surface area contributed by atoms with Gasteiger partial charge in [0.1, 0.15) is 0 Å². The Morgan fingerprint density at radius 3 is 2.40 bits per heavy atom. The first-order valence-corrected chi connectivity index (χ1v) is 5.21. The van der Waals surface area contributed by atoms with E-state index in [4.69, 9.17) is 10.2 Å². The van der Waals surface area contributed by atoms with Gasteiger partial charge in [0, 0.05) is 19.3 Å². The summed E-state index contributed by atoms with van der Waals surface area (Å²) in [5, 5.41) is 20.0. The predicted molar refractivity (Wildman–Crippen MR) is 56.1 cm³/mol. The van der Waals surface area contributed by atoms with Gasteiger partial charge in [-0.05, 0) is 18.8 Å². The summed E-state index contributed by atoms with van der Waals surface area (Å²) >= 11 is 0. The maximum absolute atomic E-state index is 11.5. The zero-order valence-corrected chi connectivity index (χ0v) is 8.72. The molecule has 0 unspecified atom stereocenters. The molecule has 0 aromatic carbocycles. The van der Waals surface area contributed by atoms with E-state index in [0.29, 0.717) is 5.92 Å². The number of amides is 2. The number of urea groups is 1. The summed E-state index contributed by atoms with van der Waals surface area (Å²) in [6, 6.07) is -0.282. The number of hydrogen-bond acceptors (Lipinski definition) is 3. The van der Waals surface area contributed by atoms with Crippen LogP contribution in [0.2, 0.25) is 0 Å². The van der Waals surface area contributed by atoms with Crippen molar-refractivity contribution in [1.29, 1.82) is 0 Å². The Hall–Kier alpha value is -1.07. The second kappa shape index (κ2) is 6.42. The summed E-state index contributed by atoms with van der Waals surface area (Å²) in [4.78, 5) is 12.8. The fraction of sp³-hybridized carbons (Fsp3) is 0.700. The van der Waals surface area contributed by atoms with Crippen LogP contribution in [-0.4, -0.2) is 47.4 Å². The molecule has 2 amide bonds. The Bertz CT molecular complexity index is 221. The molecule has 5 nitrogen and oxygen atoms in total. The molecule has 1 saturated carbocycles. The normalized spacial score (nSPS) is 15.6. The fourth-order valence-electron chi connectivity index (χ4n) is 1.19. The maximum Gasteiger partial charge on any atom is 0.321 e. The standard InChI is InChI=1S/C10H18N2O3/c13-7-5-12(6-8-14)10(15)11-4-3-9-1-2-9/h3-4,9,13-14H,1-2,5-8H2,(H,11,15)/b4-3+. The first-order valence-electron chi connectivity index (χ1n) is 5.21. The quantitative estimate of drug-likeness (QED) is 0.578. The van der Waals surface area contributed by atoms with E-state index in [1.54, 1.807) is 6.20 Å². The number of hydrogen-bond donors (Lipinski definition) is 3. The lowest BCUT2D eigenvalue weighted by Gasteiger charge is -2.19. The van der Waals surface area contributed by atoms with Crippen LogP contribution in [0.3, 0.4) is 0 Å². The average molecular weight is 214 g/mol. The van der Waals surface area contributed by atoms with Crippen molar-refractivity contribution in [2.75, 3.05) is 26.3 Å². The van der Waals surface area contributed by atoms with Crippen LogP contribution in [0.1, 0.15) is 12.8 Å². The van der Waals surface area contributed by atoms with Crippen LogP contribution < -0.4 is 5.32 Å². The molecule has 0 bridgehead atoms. The van der Waals surface area contributed by atoms with E-state index in [-0.39, 0.29) is 32.3 Å². The summed E-state index contributed by atoms with van der Waals surface area (Å²) in [7, 11) is 0. The molecule has 0 radical (unpaired) electrons. The van der Waals surface area contributed by atoms with E-state index in [9.17, 15) is 4.79 Å². The van der Waals surface area contributed by atoms with Gasteiger partial charge in [0.25, 0.3) is 0 Å². The van der Waals surface area contributed by atoms with Gasteiger partial charge in [-0.2, -0.15) is 0 Å². The van der Waals surface area contributed by atoms with Crippen molar-refractivity contribution in [2.45, 2.75) is 12.8 Å². The molecule has 0 aromatic rings. The van der Waals surface area contributed by atoms with Gasteiger partial charge in [0.15, 0.2) is 0 Å². The van der Waals surface area contributed by atoms with Crippen molar-refractivity contribution in [3.63, 3.8) is 0 Å². The lowest BCUT2D eigenvalue weighted by Crippen LogP contribution is -2.41. The van der Waals surface area contributed by atoms with E-state index in [0.717, 1.165) is 0 Å². The summed E-state index contributed by atoms with van der Waals surface area (Å²) in [5.41, 5.74) is 0. The molecule has 0 saturated heterocycles. The Balaban J connectivity index is 2.26. The van der Waals surface area contributed by atoms with Crippen LogP contribution in [-0.2, 0) is 0 Å². The molecule has 0 spiro atoms. The van der Waals surface area contributed by atoms with Gasteiger partial charge in [-0.15, -0.1) is 0 Å². The lowest BCUT2D eigenvalue weighted by molar-refractivity contribution is 0.161. The van der Waals surface area contributed by atoms with Gasteiger partial charge in [0.05, 0.1) is 13.2 Å². The molecule has 1 aliphatic rings. The summed E-state index contributed by atoms with van der Waals surface area (Å²) in [6.45, 7) is 0.285. The molecule has 0 aromatic heterocycles. The highest BCUT2D eigenvalue weighted by Crippen LogP contribution is 2.29. The summed E-state index contributed by atoms with van der Waals surface area (Å²) in [6.07, 6.45) is 6.00. The summed E-state index contributed by atoms with van der Waals surface area (Å²) < 4.78 is 0. The van der Waals surface area contributed by atoms with Crippen molar-refractivity contribution in [2.24, 2.45) is 5.92 Å². The van der Waals surface area contributed by atoms with Crippen LogP contribution in [0.15, 0.2) is 12.3 Å². The first-order chi connectivity index (χ1) is 7.27. The zero-order chi connectivity index (χ0) is 11.1. The average Bonchev–Trinajstić information content (AvgIpc) is 3.01. The maximum atomic E-state index is 11.5. The lowest BCUT2D eigenvalue weighted by atomic mass is 10.4. The molecule has 5 heteroatoms. The number of nitrogens with one attached hydrogen (secondary N) is 1. The minimum Gasteiger partial charge on any atom is -0.395 e. The van der Waals surface area contributed by atoms with Gasteiger partial charge in [-0.3, -0.25) is 0 Å². The fourth-order valence-corrected chi connectivity index (χ4v) is 1.19. The number of carbonyl (C=O) groups excluding carboxylic acids is 1. The highest BCUT2D eigenvalue weighted by Gasteiger charge is 2.17. The molecule has 3 N–H and O–H groups in total. The minimum atomic E-state index is -0.282. The molecule has 86 valence electrons. The number of aliphatic hydroxyl groups excluding tert-OH is 2. The molecule has 15 heavy (non-hydrogen) atoms. The third kappa shape index (κ3) is 4.80. The van der Waals surface area contributed by atoms with Gasteiger partial charge >= 0.3 is 6.03 Å². The second-order valence-corrected chi connectivity index (χ2v) is 3.58. The Kier molecular flexibility index (Phi) is 5.14. The third-order valence-corrected chi connectivity index (χ3v) is 2.22. The van der Waals surface area contributed by atoms with E-state index in [1.165, 1.54) is 17.7 Å². The molecular formula is C10H18N2O3. The van der Waals surface area contributed by atoms with E-state index >= 15 is 0 Å². The van der Waals surface area contributed by atoms with Crippen LogP contribution in [0, 0.1) is 5.92 Å². The smallest absolute Gasteiger partial charge is 0.321 e. The first kappa shape index (κ1) is 12.0. The Morgan fingerprint density at radius 1 is 1.33 bits per heavy atom. The monoisotopic (exact) mass is 214 g/mol. The van der Waals surface area contributed by atoms with Gasteiger partial charge in [-0.1, -0.05) is 6.08 Å². The number of nitrogens with zero attached hydrogens (tertiary/aromatic N) is 1. The molecule has 0 atom stereocenters. The van der Waals surface area contributed by atoms with Crippen molar-refractivity contribution >= 4 is 6.03 Å². The molecular weight excluding hydrogens is 196 g/mol. The Morgan fingerprint density at radius 2 is 1.93 bits per heavy atom. The minimum absolute atomic E-state index is 0.0975. The van der Waals surface area contributed by atoms with E-state index < -0.39 is 0 Å². The number of carbonyl (C=O) groups is 1. The highest BCUT2D eigenvalue weighted by atomic mass is 16.3. The van der Waals surface area contributed by atoms with Crippen LogP contribution >= 0.6 is 0 Å². The van der Waals surface area contributed by atoms with Crippen molar-refractivity contribution in [3.8, 4) is 0 Å². The second-order valence-electron chi connectivity index (χ2n) is 3.58. The third-order valence-electron chi connectivity index (χ3n) is 2.22. The van der Waals surface area contributed by atoms with Crippen LogP contribution in [0.5, 0.6) is 0 Å². The van der Waals surface area contributed by atoms with Gasteiger partial charge in [0.2, 0.25) is 0 Å². The molecule has 0 heterocycles. The topological polar surface area (TPSA) is 72.8 Å². The van der Waals surface area contributed by atoms with Crippen LogP contribution in [0.4, 0.5) is 4.79 Å². The highest BCUT2D eigenvalue weighted by molar-refractivity contribution is 5.75. The molecule has 0 aliphatic heterocycles. The van der Waals surface area contributed by atoms with Crippen molar-refractivity contribution in [3.05, 3.63) is 12.3 Å². The molecule has 1 fully saturated rings. The van der Waals surface area contributed by atoms with E-state index in [2.05, 4.69) is 5.32 Å². The predicted octanol–water partition coefficient (Wildman–Crippen LogP) is -0.0937. The summed E-state index contributed by atoms with van der Waals surface area (Å²) in [5.74, 6) is 0.620.